The summed E-state index contributed by atoms with van der Waals surface area (Å²) >= 11 is 1.30. The quantitative estimate of drug-likeness (QED) is 0.491. The highest BCUT2D eigenvalue weighted by Gasteiger charge is 2.38. The monoisotopic (exact) mass is 502 g/mol. The first-order valence-electron chi connectivity index (χ1n) is 10.3. The predicted octanol–water partition coefficient (Wildman–Crippen LogP) is 3.66. The van der Waals surface area contributed by atoms with E-state index in [1.165, 1.54) is 11.3 Å². The summed E-state index contributed by atoms with van der Waals surface area (Å²) in [5, 5.41) is 16.5. The van der Waals surface area contributed by atoms with Gasteiger partial charge in [-0.25, -0.2) is 14.6 Å². The maximum Gasteiger partial charge on any atom is 0.490 e. The van der Waals surface area contributed by atoms with Crippen molar-refractivity contribution in [1.82, 2.24) is 15.6 Å². The molecule has 0 bridgehead atoms. The SMILES string of the molecule is CNC(=O)c1sc(-c2ccccc2NC(=O)OCC2CCNCC2)nc1C.O=C(O)C(F)(F)F. The number of ether oxygens (including phenoxy) is 1. The number of halogens is 3. The molecule has 0 aliphatic carbocycles. The number of aromatic nitrogens is 1. The number of benzene rings is 1. The fraction of sp³-hybridized carbons (Fsp3) is 0.429. The second-order valence-electron chi connectivity index (χ2n) is 7.28. The third-order valence-corrected chi connectivity index (χ3v) is 5.96. The molecule has 34 heavy (non-hydrogen) atoms. The highest BCUT2D eigenvalue weighted by molar-refractivity contribution is 7.17. The van der Waals surface area contributed by atoms with E-state index in [-0.39, 0.29) is 5.91 Å². The zero-order valence-corrected chi connectivity index (χ0v) is 19.3. The number of aryl methyl sites for hydroxylation is 1. The van der Waals surface area contributed by atoms with Gasteiger partial charge >= 0.3 is 18.2 Å². The van der Waals surface area contributed by atoms with Crippen molar-refractivity contribution in [3.8, 4) is 10.6 Å². The number of nitrogens with zero attached hydrogens (tertiary/aromatic N) is 1. The van der Waals surface area contributed by atoms with Crippen LogP contribution in [0.15, 0.2) is 24.3 Å². The van der Waals surface area contributed by atoms with Crippen molar-refractivity contribution in [1.29, 1.82) is 0 Å². The van der Waals surface area contributed by atoms with Crippen molar-refractivity contribution < 1.29 is 37.4 Å². The average molecular weight is 503 g/mol. The molecular weight excluding hydrogens is 477 g/mol. The van der Waals surface area contributed by atoms with Gasteiger partial charge in [0.15, 0.2) is 0 Å². The number of carboxylic acid groups (broad SMARTS) is 1. The fourth-order valence-electron chi connectivity index (χ4n) is 3.00. The van der Waals surface area contributed by atoms with Crippen molar-refractivity contribution in [2.24, 2.45) is 5.92 Å². The Labute approximate surface area is 197 Å². The van der Waals surface area contributed by atoms with Crippen LogP contribution in [-0.2, 0) is 9.53 Å². The summed E-state index contributed by atoms with van der Waals surface area (Å²) in [5.74, 6) is -2.51. The van der Waals surface area contributed by atoms with Gasteiger partial charge in [-0.05, 0) is 50.9 Å². The first-order chi connectivity index (χ1) is 16.0. The Balaban J connectivity index is 0.000000509. The van der Waals surface area contributed by atoms with Crippen molar-refractivity contribution in [2.75, 3.05) is 32.1 Å². The number of para-hydroxylation sites is 1. The molecule has 3 rings (SSSR count). The second-order valence-corrected chi connectivity index (χ2v) is 8.28. The molecule has 0 unspecified atom stereocenters. The predicted molar refractivity (Wildman–Crippen MR) is 120 cm³/mol. The van der Waals surface area contributed by atoms with Gasteiger partial charge in [0.05, 0.1) is 18.0 Å². The van der Waals surface area contributed by atoms with Crippen LogP contribution in [0, 0.1) is 12.8 Å². The minimum atomic E-state index is -5.08. The molecule has 186 valence electrons. The van der Waals surface area contributed by atoms with Crippen LogP contribution in [0.4, 0.5) is 23.7 Å². The standard InChI is InChI=1S/C19H24N4O3S.C2HF3O2/c1-12-16(17(24)20-2)27-18(22-12)14-5-3-4-6-15(14)23-19(25)26-11-13-7-9-21-10-8-13;3-2(4,5)1(6)7/h3-6,13,21H,7-11H2,1-2H3,(H,20,24)(H,23,25);(H,6,7). The van der Waals surface area contributed by atoms with Crippen LogP contribution in [0.2, 0.25) is 0 Å². The lowest BCUT2D eigenvalue weighted by Gasteiger charge is -2.22. The summed E-state index contributed by atoms with van der Waals surface area (Å²) in [6, 6.07) is 7.38. The number of carboxylic acids is 1. The fourth-order valence-corrected chi connectivity index (χ4v) is 4.05. The third kappa shape index (κ3) is 7.99. The smallest absolute Gasteiger partial charge is 0.475 e. The molecule has 2 heterocycles. The van der Waals surface area contributed by atoms with E-state index in [0.29, 0.717) is 33.8 Å². The van der Waals surface area contributed by atoms with Crippen LogP contribution < -0.4 is 16.0 Å². The third-order valence-electron chi connectivity index (χ3n) is 4.78. The molecule has 1 fully saturated rings. The van der Waals surface area contributed by atoms with E-state index >= 15 is 0 Å². The van der Waals surface area contributed by atoms with Gasteiger partial charge in [0, 0.05) is 12.6 Å². The summed E-state index contributed by atoms with van der Waals surface area (Å²) in [5.41, 5.74) is 2.04. The Hall–Kier alpha value is -3.19. The van der Waals surface area contributed by atoms with Crippen LogP contribution in [0.1, 0.15) is 28.2 Å². The average Bonchev–Trinajstić information content (AvgIpc) is 3.19. The van der Waals surface area contributed by atoms with Gasteiger partial charge in [-0.15, -0.1) is 11.3 Å². The molecule has 1 aliphatic rings. The number of piperidine rings is 1. The van der Waals surface area contributed by atoms with E-state index in [0.717, 1.165) is 31.5 Å². The second kappa shape index (κ2) is 12.3. The molecule has 9 nitrogen and oxygen atoms in total. The van der Waals surface area contributed by atoms with Gasteiger partial charge in [-0.2, -0.15) is 13.2 Å². The number of aliphatic carboxylic acids is 1. The summed E-state index contributed by atoms with van der Waals surface area (Å²) in [6.45, 7) is 4.16. The number of carbonyl (C=O) groups is 3. The van der Waals surface area contributed by atoms with E-state index in [1.54, 1.807) is 20.0 Å². The Morgan fingerprint density at radius 1 is 1.24 bits per heavy atom. The lowest BCUT2D eigenvalue weighted by Crippen LogP contribution is -2.31. The number of alkyl halides is 3. The number of nitrogens with one attached hydrogen (secondary N) is 3. The first kappa shape index (κ1) is 27.1. The van der Waals surface area contributed by atoms with Gasteiger partial charge in [0.1, 0.15) is 9.88 Å². The molecule has 2 aromatic rings. The molecule has 1 aromatic carbocycles. The van der Waals surface area contributed by atoms with Gasteiger partial charge in [0.25, 0.3) is 5.91 Å². The molecule has 1 saturated heterocycles. The highest BCUT2D eigenvalue weighted by atomic mass is 32.1. The zero-order valence-electron chi connectivity index (χ0n) is 18.5. The maximum atomic E-state index is 12.2. The number of anilines is 1. The highest BCUT2D eigenvalue weighted by Crippen LogP contribution is 2.33. The lowest BCUT2D eigenvalue weighted by atomic mass is 9.99. The van der Waals surface area contributed by atoms with Crippen LogP contribution >= 0.6 is 11.3 Å². The van der Waals surface area contributed by atoms with Crippen LogP contribution in [0.25, 0.3) is 10.6 Å². The Bertz CT molecular complexity index is 1010. The number of thiazole rings is 1. The van der Waals surface area contributed by atoms with Crippen molar-refractivity contribution in [3.05, 3.63) is 34.8 Å². The van der Waals surface area contributed by atoms with Crippen LogP contribution in [0.3, 0.4) is 0 Å². The number of amides is 2. The maximum absolute atomic E-state index is 12.2. The number of carbonyl (C=O) groups excluding carboxylic acids is 2. The number of rotatable bonds is 5. The summed E-state index contributed by atoms with van der Waals surface area (Å²) in [4.78, 5) is 38.1. The normalized spacial score (nSPS) is 13.9. The van der Waals surface area contributed by atoms with E-state index < -0.39 is 18.2 Å². The van der Waals surface area contributed by atoms with Gasteiger partial charge in [-0.3, -0.25) is 10.1 Å². The molecular formula is C21H25F3N4O5S. The molecule has 4 N–H and O–H groups in total. The van der Waals surface area contributed by atoms with Gasteiger partial charge in [-0.1, -0.05) is 12.1 Å². The largest absolute Gasteiger partial charge is 0.490 e. The molecule has 0 radical (unpaired) electrons. The number of hydrogen-bond acceptors (Lipinski definition) is 7. The van der Waals surface area contributed by atoms with Crippen LogP contribution in [-0.4, -0.2) is 61.0 Å². The summed E-state index contributed by atoms with van der Waals surface area (Å²) in [7, 11) is 1.59. The summed E-state index contributed by atoms with van der Waals surface area (Å²) in [6.07, 6.45) is -3.52. The van der Waals surface area contributed by atoms with E-state index in [9.17, 15) is 22.8 Å². The molecule has 1 aromatic heterocycles. The van der Waals surface area contributed by atoms with Crippen molar-refractivity contribution in [3.63, 3.8) is 0 Å². The van der Waals surface area contributed by atoms with Gasteiger partial charge in [0.2, 0.25) is 0 Å². The number of hydrogen-bond donors (Lipinski definition) is 4. The van der Waals surface area contributed by atoms with Gasteiger partial charge < -0.3 is 20.5 Å². The molecule has 13 heteroatoms. The molecule has 0 saturated carbocycles. The van der Waals surface area contributed by atoms with Crippen LogP contribution in [0.5, 0.6) is 0 Å². The minimum absolute atomic E-state index is 0.164. The van der Waals surface area contributed by atoms with Crippen molar-refractivity contribution >= 4 is 35.0 Å². The molecule has 1 aliphatic heterocycles. The van der Waals surface area contributed by atoms with E-state index in [1.807, 2.05) is 18.2 Å². The lowest BCUT2D eigenvalue weighted by molar-refractivity contribution is -0.192. The zero-order chi connectivity index (χ0) is 25.3. The topological polar surface area (TPSA) is 130 Å². The molecule has 0 atom stereocenters. The molecule has 2 amide bonds. The summed E-state index contributed by atoms with van der Waals surface area (Å²) < 4.78 is 37.1. The Kier molecular flexibility index (Phi) is 9.81. The first-order valence-corrected chi connectivity index (χ1v) is 11.1. The minimum Gasteiger partial charge on any atom is -0.475 e. The van der Waals surface area contributed by atoms with E-state index in [2.05, 4.69) is 20.9 Å². The Morgan fingerprint density at radius 3 is 2.44 bits per heavy atom. The van der Waals surface area contributed by atoms with E-state index in [4.69, 9.17) is 14.6 Å². The molecule has 0 spiro atoms. The Morgan fingerprint density at radius 2 is 1.85 bits per heavy atom. The van der Waals surface area contributed by atoms with Crippen molar-refractivity contribution in [2.45, 2.75) is 25.9 Å².